The van der Waals surface area contributed by atoms with Crippen LogP contribution < -0.4 is 21.9 Å². The summed E-state index contributed by atoms with van der Waals surface area (Å²) in [7, 11) is 0. The summed E-state index contributed by atoms with van der Waals surface area (Å²) in [6.07, 6.45) is 0. The number of carbonyl (C=O) groups is 1. The second-order valence-corrected chi connectivity index (χ2v) is 8.44. The van der Waals surface area contributed by atoms with Crippen LogP contribution >= 0.6 is 0 Å². The molecule has 33 heavy (non-hydrogen) atoms. The van der Waals surface area contributed by atoms with Gasteiger partial charge in [0, 0.05) is 12.1 Å². The number of benzene rings is 3. The zero-order valence-corrected chi connectivity index (χ0v) is 18.6. The zero-order valence-electron chi connectivity index (χ0n) is 18.6. The number of H-pyrrole nitrogens is 1. The van der Waals surface area contributed by atoms with Gasteiger partial charge in [-0.05, 0) is 34.4 Å². The molecule has 4 aromatic rings. The maximum absolute atomic E-state index is 13.6. The fourth-order valence-corrected chi connectivity index (χ4v) is 3.88. The zero-order chi connectivity index (χ0) is 23.5. The molecule has 3 N–H and O–H groups in total. The van der Waals surface area contributed by atoms with Gasteiger partial charge in [0.2, 0.25) is 0 Å². The molecule has 0 unspecified atom stereocenters. The maximum atomic E-state index is 13.6. The van der Waals surface area contributed by atoms with Crippen molar-refractivity contribution in [1.29, 1.82) is 0 Å². The van der Waals surface area contributed by atoms with Gasteiger partial charge in [0.25, 0.3) is 11.5 Å². The first-order valence-electron chi connectivity index (χ1n) is 10.8. The standard InChI is InChI=1S/C26H26N4O3/c1-17(2)15-29(25(32)21-13-12-19-10-6-7-11-20(19)14-21)22-23(27)30(26(33)28-24(22)31)16-18-8-4-3-5-9-18/h3-14,17H,15-16,27H2,1-2H3,(H,28,31,33). The van der Waals surface area contributed by atoms with E-state index in [1.54, 1.807) is 12.1 Å². The van der Waals surface area contributed by atoms with Crippen LogP contribution in [0.1, 0.15) is 29.8 Å². The van der Waals surface area contributed by atoms with Crippen molar-refractivity contribution in [1.82, 2.24) is 9.55 Å². The molecule has 7 heteroatoms. The Morgan fingerprint density at radius 1 is 0.970 bits per heavy atom. The Hall–Kier alpha value is -4.13. The van der Waals surface area contributed by atoms with Crippen LogP contribution in [0.25, 0.3) is 10.8 Å². The van der Waals surface area contributed by atoms with Crippen molar-refractivity contribution < 1.29 is 4.79 Å². The van der Waals surface area contributed by atoms with E-state index in [1.165, 1.54) is 9.47 Å². The van der Waals surface area contributed by atoms with Crippen molar-refractivity contribution in [2.75, 3.05) is 17.2 Å². The molecule has 0 atom stereocenters. The third-order valence-corrected chi connectivity index (χ3v) is 5.46. The number of rotatable bonds is 6. The van der Waals surface area contributed by atoms with Gasteiger partial charge in [-0.3, -0.25) is 19.1 Å². The molecule has 0 bridgehead atoms. The predicted molar refractivity (Wildman–Crippen MR) is 132 cm³/mol. The number of hydrogen-bond donors (Lipinski definition) is 2. The lowest BCUT2D eigenvalue weighted by atomic mass is 10.1. The summed E-state index contributed by atoms with van der Waals surface area (Å²) in [6, 6.07) is 22.5. The van der Waals surface area contributed by atoms with Gasteiger partial charge in [0.05, 0.1) is 6.54 Å². The highest BCUT2D eigenvalue weighted by molar-refractivity contribution is 6.09. The molecule has 0 aliphatic heterocycles. The third-order valence-electron chi connectivity index (χ3n) is 5.46. The number of hydrogen-bond acceptors (Lipinski definition) is 4. The number of nitrogens with zero attached hydrogens (tertiary/aromatic N) is 2. The summed E-state index contributed by atoms with van der Waals surface area (Å²) in [5.74, 6) is -0.332. The molecular formula is C26H26N4O3. The van der Waals surface area contributed by atoms with Crippen LogP contribution in [0.4, 0.5) is 11.5 Å². The smallest absolute Gasteiger partial charge is 0.330 e. The SMILES string of the molecule is CC(C)CN(C(=O)c1ccc2ccccc2c1)c1c(N)n(Cc2ccccc2)c(=O)[nH]c1=O. The lowest BCUT2D eigenvalue weighted by Crippen LogP contribution is -2.42. The Morgan fingerprint density at radius 3 is 2.33 bits per heavy atom. The van der Waals surface area contributed by atoms with Gasteiger partial charge in [-0.2, -0.15) is 0 Å². The van der Waals surface area contributed by atoms with Gasteiger partial charge in [-0.15, -0.1) is 0 Å². The van der Waals surface area contributed by atoms with Crippen molar-refractivity contribution in [2.45, 2.75) is 20.4 Å². The lowest BCUT2D eigenvalue weighted by Gasteiger charge is -2.26. The largest absolute Gasteiger partial charge is 0.383 e. The van der Waals surface area contributed by atoms with E-state index in [-0.39, 0.29) is 36.4 Å². The minimum Gasteiger partial charge on any atom is -0.383 e. The number of aromatic nitrogens is 2. The summed E-state index contributed by atoms with van der Waals surface area (Å²) in [5.41, 5.74) is 6.33. The Labute approximate surface area is 191 Å². The minimum atomic E-state index is -0.684. The van der Waals surface area contributed by atoms with Crippen molar-refractivity contribution in [3.63, 3.8) is 0 Å². The van der Waals surface area contributed by atoms with E-state index in [0.29, 0.717) is 5.56 Å². The molecule has 7 nitrogen and oxygen atoms in total. The molecule has 4 rings (SSSR count). The van der Waals surface area contributed by atoms with Crippen LogP contribution in [0.5, 0.6) is 0 Å². The number of fused-ring (bicyclic) bond motifs is 1. The summed E-state index contributed by atoms with van der Waals surface area (Å²) in [4.78, 5) is 42.8. The van der Waals surface area contributed by atoms with Crippen LogP contribution in [-0.2, 0) is 6.54 Å². The molecular weight excluding hydrogens is 416 g/mol. The fraction of sp³-hybridized carbons (Fsp3) is 0.192. The first-order valence-corrected chi connectivity index (χ1v) is 10.8. The molecule has 0 saturated carbocycles. The van der Waals surface area contributed by atoms with Crippen molar-refractivity contribution >= 4 is 28.2 Å². The molecule has 168 valence electrons. The van der Waals surface area contributed by atoms with E-state index in [2.05, 4.69) is 4.98 Å². The van der Waals surface area contributed by atoms with Gasteiger partial charge >= 0.3 is 5.69 Å². The summed E-state index contributed by atoms with van der Waals surface area (Å²) < 4.78 is 1.28. The normalized spacial score (nSPS) is 11.1. The topological polar surface area (TPSA) is 101 Å². The van der Waals surface area contributed by atoms with E-state index in [9.17, 15) is 14.4 Å². The molecule has 0 spiro atoms. The molecule has 0 aliphatic carbocycles. The number of aromatic amines is 1. The van der Waals surface area contributed by atoms with E-state index in [1.807, 2.05) is 74.5 Å². The Balaban J connectivity index is 1.82. The predicted octanol–water partition coefficient (Wildman–Crippen LogP) is 3.62. The molecule has 1 heterocycles. The lowest BCUT2D eigenvalue weighted by molar-refractivity contribution is 0.0983. The van der Waals surface area contributed by atoms with Gasteiger partial charge in [-0.1, -0.05) is 74.5 Å². The maximum Gasteiger partial charge on any atom is 0.330 e. The van der Waals surface area contributed by atoms with Gasteiger partial charge in [-0.25, -0.2) is 4.79 Å². The number of nitrogens with two attached hydrogens (primary N) is 1. The van der Waals surface area contributed by atoms with Gasteiger partial charge in [0.15, 0.2) is 5.69 Å². The Kier molecular flexibility index (Phi) is 6.13. The van der Waals surface area contributed by atoms with Crippen molar-refractivity contribution in [3.8, 4) is 0 Å². The van der Waals surface area contributed by atoms with Crippen molar-refractivity contribution in [2.24, 2.45) is 5.92 Å². The summed E-state index contributed by atoms with van der Waals surface area (Å²) >= 11 is 0. The van der Waals surface area contributed by atoms with Crippen LogP contribution in [0.2, 0.25) is 0 Å². The average Bonchev–Trinajstić information content (AvgIpc) is 2.80. The summed E-state index contributed by atoms with van der Waals surface area (Å²) in [6.45, 7) is 4.34. The van der Waals surface area contributed by atoms with Gasteiger partial charge in [0.1, 0.15) is 5.82 Å². The van der Waals surface area contributed by atoms with Crippen LogP contribution in [-0.4, -0.2) is 22.0 Å². The molecule has 0 saturated heterocycles. The van der Waals surface area contributed by atoms with Gasteiger partial charge < -0.3 is 10.6 Å². The quantitative estimate of drug-likeness (QED) is 0.476. The fourth-order valence-electron chi connectivity index (χ4n) is 3.88. The third kappa shape index (κ3) is 4.57. The highest BCUT2D eigenvalue weighted by atomic mass is 16.2. The molecule has 1 aromatic heterocycles. The highest BCUT2D eigenvalue weighted by Gasteiger charge is 2.26. The van der Waals surface area contributed by atoms with E-state index >= 15 is 0 Å². The number of amides is 1. The second-order valence-electron chi connectivity index (χ2n) is 8.44. The van der Waals surface area contributed by atoms with E-state index in [4.69, 9.17) is 5.73 Å². The molecule has 0 aliphatic rings. The van der Waals surface area contributed by atoms with Crippen molar-refractivity contribution in [3.05, 3.63) is 105 Å². The second kappa shape index (κ2) is 9.16. The first kappa shape index (κ1) is 22.1. The van der Waals surface area contributed by atoms with Crippen LogP contribution in [0, 0.1) is 5.92 Å². The average molecular weight is 443 g/mol. The van der Waals surface area contributed by atoms with E-state index < -0.39 is 11.2 Å². The molecule has 1 amide bonds. The Bertz CT molecular complexity index is 1420. The molecule has 3 aromatic carbocycles. The van der Waals surface area contributed by atoms with Crippen LogP contribution in [0.15, 0.2) is 82.4 Å². The monoisotopic (exact) mass is 442 g/mol. The Morgan fingerprint density at radius 2 is 1.64 bits per heavy atom. The first-order chi connectivity index (χ1) is 15.8. The van der Waals surface area contributed by atoms with Crippen LogP contribution in [0.3, 0.4) is 0 Å². The number of anilines is 2. The number of nitrogens with one attached hydrogen (secondary N) is 1. The number of nitrogen functional groups attached to an aromatic ring is 1. The number of carbonyl (C=O) groups excluding carboxylic acids is 1. The minimum absolute atomic E-state index is 0.0163. The molecule has 0 radical (unpaired) electrons. The highest BCUT2D eigenvalue weighted by Crippen LogP contribution is 2.23. The van der Waals surface area contributed by atoms with E-state index in [0.717, 1.165) is 16.3 Å². The summed E-state index contributed by atoms with van der Waals surface area (Å²) in [5, 5.41) is 1.93. The molecule has 0 fully saturated rings.